The van der Waals surface area contributed by atoms with E-state index in [1.807, 2.05) is 42.5 Å². The maximum atomic E-state index is 5.80. The normalized spacial score (nSPS) is 10.5. The van der Waals surface area contributed by atoms with Gasteiger partial charge in [-0.3, -0.25) is 5.43 Å². The van der Waals surface area contributed by atoms with Crippen molar-refractivity contribution in [1.82, 2.24) is 5.43 Å². The van der Waals surface area contributed by atoms with Gasteiger partial charge in [-0.1, -0.05) is 0 Å². The Morgan fingerprint density at radius 3 is 2.70 bits per heavy atom. The quantitative estimate of drug-likeness (QED) is 0.312. The van der Waals surface area contributed by atoms with Gasteiger partial charge >= 0.3 is 0 Å². The zero-order valence-electron chi connectivity index (χ0n) is 12.5. The first-order valence-electron chi connectivity index (χ1n) is 6.72. The predicted octanol–water partition coefficient (Wildman–Crippen LogP) is 3.05. The number of nitrogens with one attached hydrogen (secondary N) is 1. The van der Waals surface area contributed by atoms with E-state index in [9.17, 15) is 0 Å². The number of hydrogen-bond acceptors (Lipinski definition) is 4. The summed E-state index contributed by atoms with van der Waals surface area (Å²) in [5.74, 6) is 1.57. The van der Waals surface area contributed by atoms with E-state index < -0.39 is 0 Å². The van der Waals surface area contributed by atoms with Crippen LogP contribution in [0.15, 0.2) is 47.6 Å². The van der Waals surface area contributed by atoms with Crippen molar-refractivity contribution < 1.29 is 9.47 Å². The summed E-state index contributed by atoms with van der Waals surface area (Å²) in [6.45, 7) is 0.397. The SMILES string of the molecule is COc1ccc(C=NNC(N)=S)cc1COc1ccc(I)cc1. The van der Waals surface area contributed by atoms with Crippen LogP contribution < -0.4 is 20.6 Å². The molecule has 0 heterocycles. The number of halogens is 1. The Bertz CT molecular complexity index is 705. The predicted molar refractivity (Wildman–Crippen MR) is 104 cm³/mol. The van der Waals surface area contributed by atoms with Gasteiger partial charge in [0.25, 0.3) is 0 Å². The van der Waals surface area contributed by atoms with Crippen molar-refractivity contribution in [2.24, 2.45) is 10.8 Å². The number of rotatable bonds is 6. The monoisotopic (exact) mass is 441 g/mol. The van der Waals surface area contributed by atoms with Gasteiger partial charge in [0.15, 0.2) is 5.11 Å². The lowest BCUT2D eigenvalue weighted by atomic mass is 10.1. The number of thiocarbonyl (C=S) groups is 1. The lowest BCUT2D eigenvalue weighted by Crippen LogP contribution is -2.24. The fraction of sp³-hybridized carbons (Fsp3) is 0.125. The number of hydrazone groups is 1. The first-order valence-corrected chi connectivity index (χ1v) is 8.21. The van der Waals surface area contributed by atoms with Crippen LogP contribution in [0.4, 0.5) is 0 Å². The minimum absolute atomic E-state index is 0.122. The van der Waals surface area contributed by atoms with E-state index in [1.54, 1.807) is 13.3 Å². The third kappa shape index (κ3) is 5.68. The molecule has 2 aromatic carbocycles. The van der Waals surface area contributed by atoms with Gasteiger partial charge in [-0.25, -0.2) is 0 Å². The topological polar surface area (TPSA) is 68.9 Å². The molecule has 0 atom stereocenters. The molecule has 2 aromatic rings. The molecule has 0 fully saturated rings. The average Bonchev–Trinajstić information content (AvgIpc) is 2.54. The molecule has 7 heteroatoms. The second kappa shape index (κ2) is 8.68. The summed E-state index contributed by atoms with van der Waals surface area (Å²) in [6, 6.07) is 13.6. The summed E-state index contributed by atoms with van der Waals surface area (Å²) < 4.78 is 12.3. The van der Waals surface area contributed by atoms with Crippen LogP contribution in [0.25, 0.3) is 0 Å². The molecule has 0 aromatic heterocycles. The molecule has 0 spiro atoms. The Kier molecular flexibility index (Phi) is 6.60. The molecule has 0 amide bonds. The smallest absolute Gasteiger partial charge is 0.184 e. The van der Waals surface area contributed by atoms with Crippen LogP contribution >= 0.6 is 34.8 Å². The highest BCUT2D eigenvalue weighted by atomic mass is 127. The maximum Gasteiger partial charge on any atom is 0.184 e. The molecule has 2 rings (SSSR count). The van der Waals surface area contributed by atoms with Gasteiger partial charge in [-0.2, -0.15) is 5.10 Å². The largest absolute Gasteiger partial charge is 0.496 e. The Hall–Kier alpha value is -1.87. The summed E-state index contributed by atoms with van der Waals surface area (Å²) in [7, 11) is 1.63. The number of ether oxygens (including phenoxy) is 2. The molecule has 0 unspecified atom stereocenters. The molecule has 0 aliphatic carbocycles. The van der Waals surface area contributed by atoms with E-state index in [0.29, 0.717) is 6.61 Å². The minimum Gasteiger partial charge on any atom is -0.496 e. The molecule has 0 aliphatic rings. The van der Waals surface area contributed by atoms with Gasteiger partial charge < -0.3 is 15.2 Å². The van der Waals surface area contributed by atoms with Crippen LogP contribution in [-0.4, -0.2) is 18.4 Å². The standard InChI is InChI=1S/C16H16IN3O2S/c1-21-15-7-2-11(9-19-20-16(18)23)8-12(15)10-22-14-5-3-13(17)4-6-14/h2-9H,10H2,1H3,(H3,18,20,23). The number of benzene rings is 2. The van der Waals surface area contributed by atoms with Gasteiger partial charge in [0.1, 0.15) is 18.1 Å². The fourth-order valence-corrected chi connectivity index (χ4v) is 2.27. The molecule has 120 valence electrons. The van der Waals surface area contributed by atoms with Gasteiger partial charge in [-0.05, 0) is 82.8 Å². The van der Waals surface area contributed by atoms with Gasteiger partial charge in [0.05, 0.1) is 13.3 Å². The second-order valence-electron chi connectivity index (χ2n) is 4.55. The van der Waals surface area contributed by atoms with Gasteiger partial charge in [0.2, 0.25) is 0 Å². The van der Waals surface area contributed by atoms with Crippen molar-refractivity contribution in [3.63, 3.8) is 0 Å². The highest BCUT2D eigenvalue weighted by molar-refractivity contribution is 14.1. The fourth-order valence-electron chi connectivity index (χ4n) is 1.85. The number of hydrogen-bond donors (Lipinski definition) is 2. The van der Waals surface area contributed by atoms with Crippen LogP contribution in [0.5, 0.6) is 11.5 Å². The number of methoxy groups -OCH3 is 1. The van der Waals surface area contributed by atoms with Crippen LogP contribution in [-0.2, 0) is 6.61 Å². The maximum absolute atomic E-state index is 5.80. The van der Waals surface area contributed by atoms with Crippen molar-refractivity contribution >= 4 is 46.1 Å². The van der Waals surface area contributed by atoms with Crippen LogP contribution in [0.2, 0.25) is 0 Å². The number of nitrogens with zero attached hydrogens (tertiary/aromatic N) is 1. The Morgan fingerprint density at radius 1 is 1.30 bits per heavy atom. The molecule has 0 saturated carbocycles. The molecule has 23 heavy (non-hydrogen) atoms. The van der Waals surface area contributed by atoms with Crippen molar-refractivity contribution in [3.8, 4) is 11.5 Å². The Morgan fingerprint density at radius 2 is 2.04 bits per heavy atom. The molecule has 5 nitrogen and oxygen atoms in total. The minimum atomic E-state index is 0.122. The van der Waals surface area contributed by atoms with Crippen molar-refractivity contribution in [1.29, 1.82) is 0 Å². The van der Waals surface area contributed by atoms with E-state index in [0.717, 1.165) is 26.2 Å². The van der Waals surface area contributed by atoms with Crippen LogP contribution in [0.1, 0.15) is 11.1 Å². The lowest BCUT2D eigenvalue weighted by Gasteiger charge is -2.11. The summed E-state index contributed by atoms with van der Waals surface area (Å²) in [4.78, 5) is 0. The highest BCUT2D eigenvalue weighted by Crippen LogP contribution is 2.22. The van der Waals surface area contributed by atoms with E-state index >= 15 is 0 Å². The van der Waals surface area contributed by atoms with Gasteiger partial charge in [-0.15, -0.1) is 0 Å². The first-order chi connectivity index (χ1) is 11.1. The van der Waals surface area contributed by atoms with E-state index in [-0.39, 0.29) is 5.11 Å². The Labute approximate surface area is 154 Å². The lowest BCUT2D eigenvalue weighted by molar-refractivity contribution is 0.296. The molecule has 0 radical (unpaired) electrons. The van der Waals surface area contributed by atoms with E-state index in [1.165, 1.54) is 0 Å². The average molecular weight is 441 g/mol. The summed E-state index contributed by atoms with van der Waals surface area (Å²) in [5.41, 5.74) is 9.65. The second-order valence-corrected chi connectivity index (χ2v) is 6.23. The Balaban J connectivity index is 2.10. The zero-order chi connectivity index (χ0) is 16.7. The molecule has 3 N–H and O–H groups in total. The first kappa shape index (κ1) is 17.5. The summed E-state index contributed by atoms with van der Waals surface area (Å²) in [6.07, 6.45) is 1.63. The molecular formula is C16H16IN3O2S. The van der Waals surface area contributed by atoms with E-state index in [4.69, 9.17) is 27.4 Å². The van der Waals surface area contributed by atoms with Crippen molar-refractivity contribution in [2.75, 3.05) is 7.11 Å². The number of nitrogens with two attached hydrogens (primary N) is 1. The zero-order valence-corrected chi connectivity index (χ0v) is 15.4. The third-order valence-corrected chi connectivity index (χ3v) is 3.71. The molecule has 0 aliphatic heterocycles. The highest BCUT2D eigenvalue weighted by Gasteiger charge is 2.05. The van der Waals surface area contributed by atoms with Crippen LogP contribution in [0, 0.1) is 3.57 Å². The van der Waals surface area contributed by atoms with Crippen molar-refractivity contribution in [2.45, 2.75) is 6.61 Å². The third-order valence-electron chi connectivity index (χ3n) is 2.90. The molecule has 0 saturated heterocycles. The summed E-state index contributed by atoms with van der Waals surface area (Å²) >= 11 is 6.95. The van der Waals surface area contributed by atoms with E-state index in [2.05, 4.69) is 33.1 Å². The summed E-state index contributed by atoms with van der Waals surface area (Å²) in [5, 5.41) is 4.06. The van der Waals surface area contributed by atoms with Crippen molar-refractivity contribution in [3.05, 3.63) is 57.2 Å². The van der Waals surface area contributed by atoms with Gasteiger partial charge in [0, 0.05) is 9.13 Å². The molecular weight excluding hydrogens is 425 g/mol. The van der Waals surface area contributed by atoms with Crippen LogP contribution in [0.3, 0.4) is 0 Å². The molecule has 0 bridgehead atoms.